The normalized spacial score (nSPS) is 11.4. The number of methoxy groups -OCH3 is 2. The lowest BCUT2D eigenvalue weighted by atomic mass is 9.72. The molecule has 0 unspecified atom stereocenters. The lowest BCUT2D eigenvalue weighted by Crippen LogP contribution is -2.23. The summed E-state index contributed by atoms with van der Waals surface area (Å²) in [6, 6.07) is 17.2. The second kappa shape index (κ2) is 12.6. The van der Waals surface area contributed by atoms with Gasteiger partial charge in [-0.1, -0.05) is 95.9 Å². The van der Waals surface area contributed by atoms with Crippen molar-refractivity contribution in [2.45, 2.75) is 83.5 Å². The average Bonchev–Trinajstić information content (AvgIpc) is 2.78. The highest BCUT2D eigenvalue weighted by Gasteiger charge is 2.28. The number of ether oxygens (including phenoxy) is 2. The number of unbranched alkanes of at least 4 members (excludes halogenated alkanes) is 8. The largest absolute Gasteiger partial charge is 0.497 e. The predicted octanol–water partition coefficient (Wildman–Crippen LogP) is 7.93. The van der Waals surface area contributed by atoms with Crippen LogP contribution in [0.2, 0.25) is 0 Å². The first kappa shape index (κ1) is 23.3. The first-order valence-electron chi connectivity index (χ1n) is 11.4. The van der Waals surface area contributed by atoms with Crippen LogP contribution in [-0.4, -0.2) is 14.2 Å². The van der Waals surface area contributed by atoms with E-state index in [-0.39, 0.29) is 5.41 Å². The fraction of sp³-hybridized carbons (Fsp3) is 0.556. The number of hydrogen-bond acceptors (Lipinski definition) is 2. The van der Waals surface area contributed by atoms with Crippen molar-refractivity contribution in [2.24, 2.45) is 0 Å². The molecule has 2 aromatic carbocycles. The number of rotatable bonds is 14. The molecule has 0 radical (unpaired) electrons. The maximum absolute atomic E-state index is 5.36. The van der Waals surface area contributed by atoms with E-state index < -0.39 is 0 Å². The van der Waals surface area contributed by atoms with Gasteiger partial charge in [0.2, 0.25) is 0 Å². The molecule has 0 saturated heterocycles. The van der Waals surface area contributed by atoms with Crippen molar-refractivity contribution < 1.29 is 9.47 Å². The summed E-state index contributed by atoms with van der Waals surface area (Å²) in [6.07, 6.45) is 13.4. The Morgan fingerprint density at radius 1 is 0.586 bits per heavy atom. The van der Waals surface area contributed by atoms with Crippen LogP contribution in [0.3, 0.4) is 0 Å². The number of benzene rings is 2. The van der Waals surface area contributed by atoms with E-state index in [1.54, 1.807) is 14.2 Å². The second-order valence-corrected chi connectivity index (χ2v) is 8.37. The van der Waals surface area contributed by atoms with Crippen molar-refractivity contribution in [1.29, 1.82) is 0 Å². The molecule has 0 saturated carbocycles. The van der Waals surface area contributed by atoms with E-state index in [1.807, 2.05) is 0 Å². The Balaban J connectivity index is 1.99. The van der Waals surface area contributed by atoms with E-state index in [0.717, 1.165) is 17.9 Å². The van der Waals surface area contributed by atoms with Crippen LogP contribution in [0.1, 0.15) is 89.2 Å². The zero-order chi connectivity index (χ0) is 21.0. The molecule has 29 heavy (non-hydrogen) atoms. The third kappa shape index (κ3) is 7.10. The van der Waals surface area contributed by atoms with Crippen LogP contribution in [0.4, 0.5) is 0 Å². The molecule has 2 aromatic rings. The predicted molar refractivity (Wildman–Crippen MR) is 124 cm³/mol. The molecule has 0 N–H and O–H groups in total. The minimum absolute atomic E-state index is 0.000329. The molecule has 160 valence electrons. The Hall–Kier alpha value is -1.96. The Morgan fingerprint density at radius 2 is 0.966 bits per heavy atom. The van der Waals surface area contributed by atoms with Gasteiger partial charge in [0.15, 0.2) is 0 Å². The molecule has 0 heterocycles. The fourth-order valence-corrected chi connectivity index (χ4v) is 4.16. The van der Waals surface area contributed by atoms with Gasteiger partial charge in [-0.2, -0.15) is 0 Å². The van der Waals surface area contributed by atoms with Crippen molar-refractivity contribution in [3.63, 3.8) is 0 Å². The van der Waals surface area contributed by atoms with Crippen LogP contribution in [0.5, 0.6) is 11.5 Å². The maximum atomic E-state index is 5.36. The molecular weight excluding hydrogens is 356 g/mol. The summed E-state index contributed by atoms with van der Waals surface area (Å²) in [5, 5.41) is 0. The quantitative estimate of drug-likeness (QED) is 0.302. The summed E-state index contributed by atoms with van der Waals surface area (Å²) in [5.74, 6) is 1.82. The SMILES string of the molecule is CCCCCCCCCCCC(C)(c1ccc(OC)cc1)c1ccc(OC)cc1. The number of hydrogen-bond donors (Lipinski definition) is 0. The lowest BCUT2D eigenvalue weighted by molar-refractivity contribution is 0.412. The second-order valence-electron chi connectivity index (χ2n) is 8.37. The minimum atomic E-state index is -0.000329. The Morgan fingerprint density at radius 3 is 1.34 bits per heavy atom. The third-order valence-electron chi connectivity index (χ3n) is 6.23. The first-order chi connectivity index (χ1) is 14.1. The minimum Gasteiger partial charge on any atom is -0.497 e. The molecule has 0 amide bonds. The van der Waals surface area contributed by atoms with Crippen LogP contribution >= 0.6 is 0 Å². The fourth-order valence-electron chi connectivity index (χ4n) is 4.16. The van der Waals surface area contributed by atoms with Gasteiger partial charge in [0.25, 0.3) is 0 Å². The zero-order valence-corrected chi connectivity index (χ0v) is 19.0. The average molecular weight is 397 g/mol. The Labute approximate surface area is 178 Å². The topological polar surface area (TPSA) is 18.5 Å². The van der Waals surface area contributed by atoms with Crippen LogP contribution in [0, 0.1) is 0 Å². The summed E-state index contributed by atoms with van der Waals surface area (Å²) in [7, 11) is 3.44. The van der Waals surface area contributed by atoms with E-state index in [4.69, 9.17) is 9.47 Å². The van der Waals surface area contributed by atoms with Crippen molar-refractivity contribution in [3.05, 3.63) is 59.7 Å². The first-order valence-corrected chi connectivity index (χ1v) is 11.4. The van der Waals surface area contributed by atoms with Gasteiger partial charge in [-0.3, -0.25) is 0 Å². The molecular formula is C27H40O2. The molecule has 0 aromatic heterocycles. The Bertz CT molecular complexity index is 625. The summed E-state index contributed by atoms with van der Waals surface area (Å²) >= 11 is 0. The summed E-state index contributed by atoms with van der Waals surface area (Å²) in [4.78, 5) is 0. The van der Waals surface area contributed by atoms with E-state index in [0.29, 0.717) is 0 Å². The van der Waals surface area contributed by atoms with Gasteiger partial charge in [0.1, 0.15) is 11.5 Å². The van der Waals surface area contributed by atoms with Gasteiger partial charge in [0.05, 0.1) is 14.2 Å². The third-order valence-corrected chi connectivity index (χ3v) is 6.23. The van der Waals surface area contributed by atoms with Gasteiger partial charge in [-0.05, 0) is 41.8 Å². The maximum Gasteiger partial charge on any atom is 0.118 e. The van der Waals surface area contributed by atoms with Crippen molar-refractivity contribution in [3.8, 4) is 11.5 Å². The molecule has 0 atom stereocenters. The van der Waals surface area contributed by atoms with Crippen molar-refractivity contribution in [2.75, 3.05) is 14.2 Å². The van der Waals surface area contributed by atoms with E-state index in [1.165, 1.54) is 68.9 Å². The van der Waals surface area contributed by atoms with Gasteiger partial charge in [-0.25, -0.2) is 0 Å². The summed E-state index contributed by atoms with van der Waals surface area (Å²) < 4.78 is 10.7. The highest BCUT2D eigenvalue weighted by atomic mass is 16.5. The van der Waals surface area contributed by atoms with Gasteiger partial charge in [-0.15, -0.1) is 0 Å². The van der Waals surface area contributed by atoms with E-state index in [2.05, 4.69) is 62.4 Å². The monoisotopic (exact) mass is 396 g/mol. The van der Waals surface area contributed by atoms with Gasteiger partial charge < -0.3 is 9.47 Å². The highest BCUT2D eigenvalue weighted by molar-refractivity contribution is 5.42. The molecule has 2 nitrogen and oxygen atoms in total. The lowest BCUT2D eigenvalue weighted by Gasteiger charge is -2.31. The summed E-state index contributed by atoms with van der Waals surface area (Å²) in [6.45, 7) is 4.66. The van der Waals surface area contributed by atoms with Crippen LogP contribution in [0.15, 0.2) is 48.5 Å². The molecule has 0 fully saturated rings. The Kier molecular flexibility index (Phi) is 10.1. The van der Waals surface area contributed by atoms with E-state index >= 15 is 0 Å². The van der Waals surface area contributed by atoms with Crippen LogP contribution in [0.25, 0.3) is 0 Å². The van der Waals surface area contributed by atoms with Crippen molar-refractivity contribution >= 4 is 0 Å². The standard InChI is InChI=1S/C27H40O2/c1-5-6-7-8-9-10-11-12-13-22-27(2,23-14-18-25(28-3)19-15-23)24-16-20-26(29-4)21-17-24/h14-21H,5-13,22H2,1-4H3. The molecule has 2 rings (SSSR count). The van der Waals surface area contributed by atoms with Gasteiger partial charge in [0, 0.05) is 5.41 Å². The van der Waals surface area contributed by atoms with Crippen LogP contribution < -0.4 is 9.47 Å². The highest BCUT2D eigenvalue weighted by Crippen LogP contribution is 2.38. The zero-order valence-electron chi connectivity index (χ0n) is 19.0. The molecule has 0 bridgehead atoms. The van der Waals surface area contributed by atoms with Crippen molar-refractivity contribution in [1.82, 2.24) is 0 Å². The van der Waals surface area contributed by atoms with Crippen LogP contribution in [-0.2, 0) is 5.41 Å². The molecule has 0 spiro atoms. The van der Waals surface area contributed by atoms with E-state index in [9.17, 15) is 0 Å². The smallest absolute Gasteiger partial charge is 0.118 e. The summed E-state index contributed by atoms with van der Waals surface area (Å²) in [5.41, 5.74) is 2.70. The molecule has 2 heteroatoms. The van der Waals surface area contributed by atoms with Gasteiger partial charge >= 0.3 is 0 Å². The molecule has 0 aliphatic rings. The molecule has 0 aliphatic carbocycles. The molecule has 0 aliphatic heterocycles.